The highest BCUT2D eigenvalue weighted by atomic mass is 79.9. The third-order valence-electron chi connectivity index (χ3n) is 2.34. The minimum atomic E-state index is -1.12. The van der Waals surface area contributed by atoms with Gasteiger partial charge in [0, 0.05) is 5.56 Å². The second-order valence-corrected chi connectivity index (χ2v) is 4.21. The lowest BCUT2D eigenvalue weighted by Gasteiger charge is -2.08. The summed E-state index contributed by atoms with van der Waals surface area (Å²) >= 11 is 3.07. The Kier molecular flexibility index (Phi) is 3.33. The van der Waals surface area contributed by atoms with Gasteiger partial charge in [-0.05, 0) is 34.1 Å². The predicted molar refractivity (Wildman–Crippen MR) is 65.2 cm³/mol. The number of rotatable bonds is 3. The molecule has 0 spiro atoms. The number of methoxy groups -OCH3 is 1. The van der Waals surface area contributed by atoms with Crippen molar-refractivity contribution in [3.05, 3.63) is 34.2 Å². The number of aromatic carboxylic acids is 1. The molecule has 5 nitrogen and oxygen atoms in total. The van der Waals surface area contributed by atoms with Crippen molar-refractivity contribution in [3.63, 3.8) is 0 Å². The maximum atomic E-state index is 13.3. The van der Waals surface area contributed by atoms with Crippen LogP contribution in [-0.4, -0.2) is 28.4 Å². The number of nitrogens with one attached hydrogen (secondary N) is 1. The summed E-state index contributed by atoms with van der Waals surface area (Å²) in [6.07, 6.45) is 0. The molecule has 2 N–H and O–H groups in total. The summed E-state index contributed by atoms with van der Waals surface area (Å²) in [5.41, 5.74) is 0.812. The molecular formula is C11H8BrFN2O3. The number of hydrogen-bond acceptors (Lipinski definition) is 3. The minimum absolute atomic E-state index is 0.0486. The van der Waals surface area contributed by atoms with Crippen LogP contribution >= 0.6 is 15.9 Å². The summed E-state index contributed by atoms with van der Waals surface area (Å²) in [6.45, 7) is 0. The van der Waals surface area contributed by atoms with Gasteiger partial charge in [0.2, 0.25) is 0 Å². The van der Waals surface area contributed by atoms with Crippen molar-refractivity contribution in [2.75, 3.05) is 7.11 Å². The van der Waals surface area contributed by atoms with Gasteiger partial charge < -0.3 is 9.84 Å². The normalized spacial score (nSPS) is 10.4. The SMILES string of the molecule is COc1c(-c2cc(C(=O)O)[nH]n2)ccc(F)c1Br. The van der Waals surface area contributed by atoms with Crippen molar-refractivity contribution in [2.24, 2.45) is 0 Å². The maximum absolute atomic E-state index is 13.3. The molecule has 0 unspecified atom stereocenters. The molecule has 1 heterocycles. The number of halogens is 2. The first-order valence-electron chi connectivity index (χ1n) is 4.85. The number of carboxylic acids is 1. The average molecular weight is 315 g/mol. The van der Waals surface area contributed by atoms with E-state index in [2.05, 4.69) is 26.1 Å². The van der Waals surface area contributed by atoms with Gasteiger partial charge in [-0.15, -0.1) is 0 Å². The van der Waals surface area contributed by atoms with Crippen molar-refractivity contribution in [1.29, 1.82) is 0 Å². The number of ether oxygens (including phenoxy) is 1. The first kappa shape index (κ1) is 12.6. The van der Waals surface area contributed by atoms with E-state index < -0.39 is 11.8 Å². The fourth-order valence-corrected chi connectivity index (χ4v) is 2.01. The van der Waals surface area contributed by atoms with E-state index in [4.69, 9.17) is 9.84 Å². The van der Waals surface area contributed by atoms with E-state index in [-0.39, 0.29) is 15.9 Å². The molecular weight excluding hydrogens is 307 g/mol. The van der Waals surface area contributed by atoms with Crippen molar-refractivity contribution in [1.82, 2.24) is 10.2 Å². The Bertz CT molecular complexity index is 612. The predicted octanol–water partition coefficient (Wildman–Crippen LogP) is 2.69. The molecule has 18 heavy (non-hydrogen) atoms. The number of aromatic nitrogens is 2. The largest absolute Gasteiger partial charge is 0.495 e. The van der Waals surface area contributed by atoms with E-state index in [1.165, 1.54) is 25.3 Å². The maximum Gasteiger partial charge on any atom is 0.353 e. The van der Waals surface area contributed by atoms with E-state index >= 15 is 0 Å². The number of aromatic amines is 1. The van der Waals surface area contributed by atoms with Gasteiger partial charge in [-0.2, -0.15) is 5.10 Å². The number of carboxylic acid groups (broad SMARTS) is 1. The van der Waals surface area contributed by atoms with Crippen LogP contribution < -0.4 is 4.74 Å². The van der Waals surface area contributed by atoms with E-state index in [0.29, 0.717) is 11.3 Å². The number of benzene rings is 1. The van der Waals surface area contributed by atoms with E-state index in [1.807, 2.05) is 0 Å². The van der Waals surface area contributed by atoms with Gasteiger partial charge in [-0.3, -0.25) is 5.10 Å². The molecule has 94 valence electrons. The molecule has 0 aliphatic carbocycles. The Morgan fingerprint density at radius 1 is 1.56 bits per heavy atom. The van der Waals surface area contributed by atoms with Crippen LogP contribution in [0.4, 0.5) is 4.39 Å². The molecule has 2 rings (SSSR count). The van der Waals surface area contributed by atoms with Crippen LogP contribution in [0.15, 0.2) is 22.7 Å². The summed E-state index contributed by atoms with van der Waals surface area (Å²) in [5, 5.41) is 15.0. The smallest absolute Gasteiger partial charge is 0.353 e. The molecule has 0 saturated heterocycles. The van der Waals surface area contributed by atoms with E-state index in [1.54, 1.807) is 0 Å². The van der Waals surface area contributed by atoms with Gasteiger partial charge in [-0.1, -0.05) is 0 Å². The summed E-state index contributed by atoms with van der Waals surface area (Å²) in [7, 11) is 1.40. The second kappa shape index (κ2) is 4.77. The van der Waals surface area contributed by atoms with Crippen LogP contribution in [0.5, 0.6) is 5.75 Å². The molecule has 0 fully saturated rings. The zero-order chi connectivity index (χ0) is 13.3. The Hall–Kier alpha value is -1.89. The van der Waals surface area contributed by atoms with Crippen molar-refractivity contribution in [2.45, 2.75) is 0 Å². The molecule has 0 radical (unpaired) electrons. The molecule has 7 heteroatoms. The summed E-state index contributed by atoms with van der Waals surface area (Å²) in [6, 6.07) is 4.07. The van der Waals surface area contributed by atoms with Crippen LogP contribution in [0.3, 0.4) is 0 Å². The van der Waals surface area contributed by atoms with Crippen LogP contribution in [0.2, 0.25) is 0 Å². The molecule has 2 aromatic rings. The van der Waals surface area contributed by atoms with Gasteiger partial charge in [0.15, 0.2) is 0 Å². The lowest BCUT2D eigenvalue weighted by atomic mass is 10.1. The van der Waals surface area contributed by atoms with Gasteiger partial charge in [0.05, 0.1) is 17.3 Å². The Labute approximate surface area is 110 Å². The number of hydrogen-bond donors (Lipinski definition) is 2. The van der Waals surface area contributed by atoms with Crippen LogP contribution in [-0.2, 0) is 0 Å². The number of H-pyrrole nitrogens is 1. The van der Waals surface area contributed by atoms with Crippen LogP contribution in [0, 0.1) is 5.82 Å². The number of carbonyl (C=O) groups is 1. The third kappa shape index (κ3) is 2.08. The summed E-state index contributed by atoms with van der Waals surface area (Å²) < 4.78 is 18.6. The molecule has 0 saturated carbocycles. The van der Waals surface area contributed by atoms with Crippen LogP contribution in [0.25, 0.3) is 11.3 Å². The lowest BCUT2D eigenvalue weighted by molar-refractivity contribution is 0.0690. The summed E-state index contributed by atoms with van der Waals surface area (Å²) in [4.78, 5) is 10.7. The molecule has 0 aliphatic rings. The Morgan fingerprint density at radius 3 is 2.83 bits per heavy atom. The average Bonchev–Trinajstić information content (AvgIpc) is 2.82. The fraction of sp³-hybridized carbons (Fsp3) is 0.0909. The standard InChI is InChI=1S/C11H8BrFN2O3/c1-18-10-5(2-3-6(13)9(10)12)7-4-8(11(16)17)15-14-7/h2-4H,1H3,(H,14,15)(H,16,17). The first-order valence-corrected chi connectivity index (χ1v) is 5.65. The lowest BCUT2D eigenvalue weighted by Crippen LogP contribution is -1.95. The fourth-order valence-electron chi connectivity index (χ4n) is 1.50. The molecule has 0 amide bonds. The third-order valence-corrected chi connectivity index (χ3v) is 3.08. The van der Waals surface area contributed by atoms with E-state index in [0.717, 1.165) is 0 Å². The molecule has 1 aromatic carbocycles. The molecule has 0 bridgehead atoms. The Balaban J connectivity index is 2.56. The quantitative estimate of drug-likeness (QED) is 0.913. The second-order valence-electron chi connectivity index (χ2n) is 3.41. The summed E-state index contributed by atoms with van der Waals surface area (Å²) in [5.74, 6) is -1.32. The molecule has 0 aliphatic heterocycles. The highest BCUT2D eigenvalue weighted by molar-refractivity contribution is 9.10. The van der Waals surface area contributed by atoms with Crippen LogP contribution in [0.1, 0.15) is 10.5 Å². The monoisotopic (exact) mass is 314 g/mol. The number of nitrogens with zero attached hydrogens (tertiary/aromatic N) is 1. The highest BCUT2D eigenvalue weighted by Crippen LogP contribution is 2.37. The van der Waals surface area contributed by atoms with Gasteiger partial charge >= 0.3 is 5.97 Å². The zero-order valence-corrected chi connectivity index (χ0v) is 10.8. The van der Waals surface area contributed by atoms with Gasteiger partial charge in [-0.25, -0.2) is 9.18 Å². The zero-order valence-electron chi connectivity index (χ0n) is 9.20. The topological polar surface area (TPSA) is 75.2 Å². The van der Waals surface area contributed by atoms with Gasteiger partial charge in [0.1, 0.15) is 17.3 Å². The first-order chi connectivity index (χ1) is 8.54. The van der Waals surface area contributed by atoms with Crippen molar-refractivity contribution >= 4 is 21.9 Å². The van der Waals surface area contributed by atoms with E-state index in [9.17, 15) is 9.18 Å². The highest BCUT2D eigenvalue weighted by Gasteiger charge is 2.17. The minimum Gasteiger partial charge on any atom is -0.495 e. The Morgan fingerprint density at radius 2 is 2.28 bits per heavy atom. The molecule has 1 aromatic heterocycles. The van der Waals surface area contributed by atoms with Crippen molar-refractivity contribution in [3.8, 4) is 17.0 Å². The molecule has 0 atom stereocenters. The van der Waals surface area contributed by atoms with Gasteiger partial charge in [0.25, 0.3) is 0 Å². The van der Waals surface area contributed by atoms with Crippen molar-refractivity contribution < 1.29 is 19.0 Å².